The molecular formula is C13H19BrFNO. The van der Waals surface area contributed by atoms with E-state index < -0.39 is 0 Å². The summed E-state index contributed by atoms with van der Waals surface area (Å²) in [6.07, 6.45) is 2.20. The molecule has 2 nitrogen and oxygen atoms in total. The summed E-state index contributed by atoms with van der Waals surface area (Å²) in [4.78, 5) is 0.558. The lowest BCUT2D eigenvalue weighted by Gasteiger charge is -2.09. The number of nitrogens with one attached hydrogen (secondary N) is 1. The van der Waals surface area contributed by atoms with Crippen molar-refractivity contribution in [1.82, 2.24) is 5.32 Å². The summed E-state index contributed by atoms with van der Waals surface area (Å²) in [5.41, 5.74) is 0.936. The number of methoxy groups -OCH3 is 1. The third kappa shape index (κ3) is 5.04. The van der Waals surface area contributed by atoms with Crippen LogP contribution in [-0.4, -0.2) is 18.5 Å². The van der Waals surface area contributed by atoms with E-state index in [-0.39, 0.29) is 5.82 Å². The number of hydrogen-bond donors (Lipinski definition) is 1. The molecule has 1 unspecified atom stereocenters. The van der Waals surface area contributed by atoms with Crippen molar-refractivity contribution in [3.05, 3.63) is 29.6 Å². The van der Waals surface area contributed by atoms with Gasteiger partial charge in [0.1, 0.15) is 0 Å². The average molecular weight is 304 g/mol. The molecule has 0 spiro atoms. The molecule has 0 radical (unpaired) electrons. The molecule has 1 aromatic rings. The van der Waals surface area contributed by atoms with Crippen molar-refractivity contribution >= 4 is 15.9 Å². The Morgan fingerprint density at radius 2 is 2.24 bits per heavy atom. The van der Waals surface area contributed by atoms with Crippen LogP contribution in [0.25, 0.3) is 0 Å². The van der Waals surface area contributed by atoms with Crippen molar-refractivity contribution in [3.63, 3.8) is 0 Å². The van der Waals surface area contributed by atoms with Gasteiger partial charge < -0.3 is 10.1 Å². The fraction of sp³-hybridized carbons (Fsp3) is 0.538. The lowest BCUT2D eigenvalue weighted by atomic mass is 10.2. The summed E-state index contributed by atoms with van der Waals surface area (Å²) in [6, 6.07) is 5.04. The molecule has 0 saturated heterocycles. The minimum Gasteiger partial charge on any atom is -0.494 e. The Kier molecular flexibility index (Phi) is 6.52. The lowest BCUT2D eigenvalue weighted by Crippen LogP contribution is -2.17. The van der Waals surface area contributed by atoms with Gasteiger partial charge in [0.05, 0.1) is 7.11 Å². The minimum absolute atomic E-state index is 0.292. The summed E-state index contributed by atoms with van der Waals surface area (Å²) in [5, 5.41) is 3.29. The van der Waals surface area contributed by atoms with Crippen molar-refractivity contribution < 1.29 is 9.13 Å². The molecule has 1 atom stereocenters. The highest BCUT2D eigenvalue weighted by molar-refractivity contribution is 9.09. The van der Waals surface area contributed by atoms with Crippen LogP contribution in [0.1, 0.15) is 25.3 Å². The highest BCUT2D eigenvalue weighted by Gasteiger charge is 2.03. The molecule has 1 aromatic carbocycles. The van der Waals surface area contributed by atoms with E-state index in [9.17, 15) is 4.39 Å². The molecule has 0 aromatic heterocycles. The van der Waals surface area contributed by atoms with Gasteiger partial charge in [0.25, 0.3) is 0 Å². The fourth-order valence-corrected chi connectivity index (χ4v) is 1.74. The van der Waals surface area contributed by atoms with Gasteiger partial charge in [-0.2, -0.15) is 0 Å². The largest absolute Gasteiger partial charge is 0.494 e. The molecule has 1 N–H and O–H groups in total. The predicted octanol–water partition coefficient (Wildman–Crippen LogP) is 3.49. The van der Waals surface area contributed by atoms with E-state index in [1.54, 1.807) is 6.07 Å². The van der Waals surface area contributed by atoms with Gasteiger partial charge in [-0.1, -0.05) is 28.9 Å². The molecule has 96 valence electrons. The Morgan fingerprint density at radius 3 is 2.82 bits per heavy atom. The molecule has 0 amide bonds. The lowest BCUT2D eigenvalue weighted by molar-refractivity contribution is 0.386. The van der Waals surface area contributed by atoms with E-state index in [0.29, 0.717) is 17.1 Å². The molecule has 0 aliphatic carbocycles. The molecule has 1 rings (SSSR count). The number of ether oxygens (including phenoxy) is 1. The third-order valence-electron chi connectivity index (χ3n) is 2.62. The van der Waals surface area contributed by atoms with Crippen molar-refractivity contribution in [2.75, 3.05) is 13.7 Å². The Morgan fingerprint density at radius 1 is 1.47 bits per heavy atom. The van der Waals surface area contributed by atoms with Crippen LogP contribution in [0.2, 0.25) is 0 Å². The molecule has 0 bridgehead atoms. The smallest absolute Gasteiger partial charge is 0.165 e. The van der Waals surface area contributed by atoms with Crippen LogP contribution in [0.15, 0.2) is 18.2 Å². The van der Waals surface area contributed by atoms with Crippen LogP contribution in [0.4, 0.5) is 4.39 Å². The van der Waals surface area contributed by atoms with Gasteiger partial charge in [0.2, 0.25) is 0 Å². The van der Waals surface area contributed by atoms with Gasteiger partial charge in [0, 0.05) is 11.4 Å². The van der Waals surface area contributed by atoms with Crippen LogP contribution in [-0.2, 0) is 6.54 Å². The summed E-state index contributed by atoms with van der Waals surface area (Å²) >= 11 is 3.58. The molecular weight excluding hydrogens is 285 g/mol. The first-order chi connectivity index (χ1) is 8.17. The quantitative estimate of drug-likeness (QED) is 0.615. The van der Waals surface area contributed by atoms with Gasteiger partial charge in [-0.05, 0) is 37.1 Å². The van der Waals surface area contributed by atoms with E-state index in [4.69, 9.17) is 4.74 Å². The zero-order chi connectivity index (χ0) is 12.7. The number of rotatable bonds is 7. The van der Waals surface area contributed by atoms with Crippen molar-refractivity contribution in [2.45, 2.75) is 31.1 Å². The highest BCUT2D eigenvalue weighted by Crippen LogP contribution is 2.17. The second-order valence-electron chi connectivity index (χ2n) is 3.94. The van der Waals surface area contributed by atoms with Crippen LogP contribution >= 0.6 is 15.9 Å². The van der Waals surface area contributed by atoms with E-state index in [1.165, 1.54) is 13.2 Å². The first-order valence-corrected chi connectivity index (χ1v) is 6.76. The van der Waals surface area contributed by atoms with Crippen LogP contribution in [0.3, 0.4) is 0 Å². The summed E-state index contributed by atoms with van der Waals surface area (Å²) in [6.45, 7) is 3.76. The van der Waals surface area contributed by atoms with E-state index in [2.05, 4.69) is 28.2 Å². The van der Waals surface area contributed by atoms with E-state index in [0.717, 1.165) is 24.9 Å². The molecule has 4 heteroatoms. The fourth-order valence-electron chi connectivity index (χ4n) is 1.52. The SMILES string of the molecule is CCC(Br)CCNCc1ccc(OC)c(F)c1. The first-order valence-electron chi connectivity index (χ1n) is 5.84. The van der Waals surface area contributed by atoms with Gasteiger partial charge in [-0.15, -0.1) is 0 Å². The monoisotopic (exact) mass is 303 g/mol. The molecule has 0 fully saturated rings. The molecule has 17 heavy (non-hydrogen) atoms. The van der Waals surface area contributed by atoms with Crippen LogP contribution in [0.5, 0.6) is 5.75 Å². The molecule has 0 heterocycles. The highest BCUT2D eigenvalue weighted by atomic mass is 79.9. The topological polar surface area (TPSA) is 21.3 Å². The molecule has 0 saturated carbocycles. The normalized spacial score (nSPS) is 12.5. The van der Waals surface area contributed by atoms with Crippen molar-refractivity contribution in [3.8, 4) is 5.75 Å². The van der Waals surface area contributed by atoms with Crippen LogP contribution < -0.4 is 10.1 Å². The first kappa shape index (κ1) is 14.5. The minimum atomic E-state index is -0.307. The third-order valence-corrected chi connectivity index (χ3v) is 3.73. The maximum absolute atomic E-state index is 13.4. The van der Waals surface area contributed by atoms with Gasteiger partial charge in [-0.3, -0.25) is 0 Å². The summed E-state index contributed by atoms with van der Waals surface area (Å²) in [5.74, 6) is -0.0148. The van der Waals surface area contributed by atoms with Gasteiger partial charge in [-0.25, -0.2) is 4.39 Å². The Balaban J connectivity index is 2.34. The molecule has 0 aliphatic rings. The van der Waals surface area contributed by atoms with Gasteiger partial charge >= 0.3 is 0 Å². The second kappa shape index (κ2) is 7.67. The van der Waals surface area contributed by atoms with Crippen molar-refractivity contribution in [1.29, 1.82) is 0 Å². The second-order valence-corrected chi connectivity index (χ2v) is 5.23. The van der Waals surface area contributed by atoms with E-state index >= 15 is 0 Å². The summed E-state index contributed by atoms with van der Waals surface area (Å²) in [7, 11) is 1.47. The van der Waals surface area contributed by atoms with E-state index in [1.807, 2.05) is 6.07 Å². The van der Waals surface area contributed by atoms with Crippen molar-refractivity contribution in [2.24, 2.45) is 0 Å². The maximum Gasteiger partial charge on any atom is 0.165 e. The number of benzene rings is 1. The zero-order valence-corrected chi connectivity index (χ0v) is 11.9. The Bertz CT molecular complexity index is 346. The molecule has 0 aliphatic heterocycles. The Labute approximate surface area is 111 Å². The Hall–Kier alpha value is -0.610. The standard InChI is InChI=1S/C13H19BrFNO/c1-3-11(14)6-7-16-9-10-4-5-13(17-2)12(15)8-10/h4-5,8,11,16H,3,6-7,9H2,1-2H3. The number of alkyl halides is 1. The number of hydrogen-bond acceptors (Lipinski definition) is 2. The van der Waals surface area contributed by atoms with Crippen LogP contribution in [0, 0.1) is 5.82 Å². The maximum atomic E-state index is 13.4. The summed E-state index contributed by atoms with van der Waals surface area (Å²) < 4.78 is 18.3. The number of halogens is 2. The predicted molar refractivity (Wildman–Crippen MR) is 72.3 cm³/mol. The zero-order valence-electron chi connectivity index (χ0n) is 10.3. The van der Waals surface area contributed by atoms with Gasteiger partial charge in [0.15, 0.2) is 11.6 Å². The average Bonchev–Trinajstić information content (AvgIpc) is 2.34.